The van der Waals surface area contributed by atoms with Crippen molar-refractivity contribution >= 4 is 29.1 Å². The van der Waals surface area contributed by atoms with E-state index < -0.39 is 0 Å². The second kappa shape index (κ2) is 7.31. The highest BCUT2D eigenvalue weighted by molar-refractivity contribution is 6.31. The summed E-state index contributed by atoms with van der Waals surface area (Å²) in [5.41, 5.74) is 1.35. The molecule has 0 atom stereocenters. The van der Waals surface area contributed by atoms with E-state index >= 15 is 0 Å². The molecular formula is C15H20ClN3O2. The maximum absolute atomic E-state index is 12.7. The first-order chi connectivity index (χ1) is 10.1. The number of benzene rings is 1. The minimum atomic E-state index is -0.0902. The van der Waals surface area contributed by atoms with Crippen LogP contribution in [0.5, 0.6) is 0 Å². The molecule has 5 nitrogen and oxygen atoms in total. The zero-order valence-electron chi connectivity index (χ0n) is 12.1. The first-order valence-corrected chi connectivity index (χ1v) is 7.59. The van der Waals surface area contributed by atoms with Crippen molar-refractivity contribution in [1.82, 2.24) is 10.2 Å². The van der Waals surface area contributed by atoms with Crippen molar-refractivity contribution in [1.29, 1.82) is 0 Å². The van der Waals surface area contributed by atoms with Crippen molar-refractivity contribution in [3.63, 3.8) is 0 Å². The Bertz CT molecular complexity index is 534. The molecule has 2 N–H and O–H groups in total. The Balaban J connectivity index is 2.20. The molecule has 114 valence electrons. The lowest BCUT2D eigenvalue weighted by Gasteiger charge is -2.21. The van der Waals surface area contributed by atoms with Crippen molar-refractivity contribution in [2.75, 3.05) is 31.5 Å². The van der Waals surface area contributed by atoms with E-state index in [1.165, 1.54) is 0 Å². The standard InChI is InChI=1S/C15H20ClN3O2/c1-2-6-17-13-4-3-11(16)10-12(13)15(21)19-8-5-14(20)18-7-9-19/h3-4,10,17H,2,5-9H2,1H3,(H,18,20). The lowest BCUT2D eigenvalue weighted by molar-refractivity contribution is -0.120. The van der Waals surface area contributed by atoms with E-state index in [2.05, 4.69) is 17.6 Å². The van der Waals surface area contributed by atoms with Crippen LogP contribution in [0.3, 0.4) is 0 Å². The summed E-state index contributed by atoms with van der Waals surface area (Å²) in [6, 6.07) is 5.28. The Hall–Kier alpha value is -1.75. The number of halogens is 1. The van der Waals surface area contributed by atoms with E-state index in [1.807, 2.05) is 6.07 Å². The van der Waals surface area contributed by atoms with E-state index in [9.17, 15) is 9.59 Å². The Kier molecular flexibility index (Phi) is 5.44. The summed E-state index contributed by atoms with van der Waals surface area (Å²) in [5.74, 6) is -0.103. The molecule has 21 heavy (non-hydrogen) atoms. The Morgan fingerprint density at radius 2 is 2.24 bits per heavy atom. The van der Waals surface area contributed by atoms with Crippen LogP contribution in [0.15, 0.2) is 18.2 Å². The predicted octanol–water partition coefficient (Wildman–Crippen LogP) is 2.12. The highest BCUT2D eigenvalue weighted by Gasteiger charge is 2.22. The van der Waals surface area contributed by atoms with Gasteiger partial charge < -0.3 is 15.5 Å². The highest BCUT2D eigenvalue weighted by Crippen LogP contribution is 2.22. The van der Waals surface area contributed by atoms with Gasteiger partial charge in [0, 0.05) is 43.3 Å². The van der Waals surface area contributed by atoms with Crippen molar-refractivity contribution in [3.8, 4) is 0 Å². The number of hydrogen-bond acceptors (Lipinski definition) is 3. The molecule has 0 bridgehead atoms. The first-order valence-electron chi connectivity index (χ1n) is 7.21. The molecule has 0 saturated carbocycles. The van der Waals surface area contributed by atoms with Gasteiger partial charge in [0.25, 0.3) is 5.91 Å². The van der Waals surface area contributed by atoms with Gasteiger partial charge in [-0.15, -0.1) is 0 Å². The average molecular weight is 310 g/mol. The number of anilines is 1. The summed E-state index contributed by atoms with van der Waals surface area (Å²) in [4.78, 5) is 25.7. The van der Waals surface area contributed by atoms with Crippen molar-refractivity contribution < 1.29 is 9.59 Å². The Morgan fingerprint density at radius 1 is 1.43 bits per heavy atom. The van der Waals surface area contributed by atoms with Crippen LogP contribution in [-0.2, 0) is 4.79 Å². The monoisotopic (exact) mass is 309 g/mol. The third-order valence-corrected chi connectivity index (χ3v) is 3.61. The fraction of sp³-hybridized carbons (Fsp3) is 0.467. The molecule has 2 amide bonds. The summed E-state index contributed by atoms with van der Waals surface area (Å²) < 4.78 is 0. The third-order valence-electron chi connectivity index (χ3n) is 3.38. The molecule has 0 radical (unpaired) electrons. The molecule has 1 heterocycles. The molecule has 0 aromatic heterocycles. The van der Waals surface area contributed by atoms with Crippen LogP contribution >= 0.6 is 11.6 Å². The summed E-state index contributed by atoms with van der Waals surface area (Å²) in [6.07, 6.45) is 1.31. The molecule has 1 aromatic carbocycles. The molecule has 1 aromatic rings. The first kappa shape index (κ1) is 15.6. The van der Waals surface area contributed by atoms with Crippen LogP contribution < -0.4 is 10.6 Å². The quantitative estimate of drug-likeness (QED) is 0.895. The number of hydrogen-bond donors (Lipinski definition) is 2. The molecule has 1 aliphatic rings. The van der Waals surface area contributed by atoms with E-state index in [0.29, 0.717) is 36.6 Å². The number of amides is 2. The largest absolute Gasteiger partial charge is 0.384 e. The van der Waals surface area contributed by atoms with Gasteiger partial charge in [0.15, 0.2) is 0 Å². The van der Waals surface area contributed by atoms with Crippen molar-refractivity contribution in [3.05, 3.63) is 28.8 Å². The Morgan fingerprint density at radius 3 is 3.00 bits per heavy atom. The third kappa shape index (κ3) is 4.11. The van der Waals surface area contributed by atoms with Gasteiger partial charge in [-0.2, -0.15) is 0 Å². The molecule has 0 aliphatic carbocycles. The Labute approximate surface area is 129 Å². The summed E-state index contributed by atoms with van der Waals surface area (Å²) >= 11 is 6.02. The summed E-state index contributed by atoms with van der Waals surface area (Å²) in [6.45, 7) is 4.30. The topological polar surface area (TPSA) is 61.4 Å². The maximum Gasteiger partial charge on any atom is 0.256 e. The molecule has 0 unspecified atom stereocenters. The number of carbonyl (C=O) groups excluding carboxylic acids is 2. The second-order valence-corrected chi connectivity index (χ2v) is 5.45. The molecule has 1 fully saturated rings. The maximum atomic E-state index is 12.7. The predicted molar refractivity (Wildman–Crippen MR) is 83.8 cm³/mol. The van der Waals surface area contributed by atoms with Gasteiger partial charge in [-0.25, -0.2) is 0 Å². The van der Waals surface area contributed by atoms with Crippen LogP contribution in [-0.4, -0.2) is 42.9 Å². The van der Waals surface area contributed by atoms with Gasteiger partial charge in [-0.3, -0.25) is 9.59 Å². The normalized spacial score (nSPS) is 15.3. The van der Waals surface area contributed by atoms with Crippen molar-refractivity contribution in [2.45, 2.75) is 19.8 Å². The molecule has 6 heteroatoms. The van der Waals surface area contributed by atoms with E-state index in [-0.39, 0.29) is 11.8 Å². The van der Waals surface area contributed by atoms with Gasteiger partial charge >= 0.3 is 0 Å². The smallest absolute Gasteiger partial charge is 0.256 e. The van der Waals surface area contributed by atoms with Crippen LogP contribution in [0.25, 0.3) is 0 Å². The van der Waals surface area contributed by atoms with Crippen LogP contribution in [0.1, 0.15) is 30.1 Å². The molecule has 0 spiro atoms. The number of carbonyl (C=O) groups is 2. The number of rotatable bonds is 4. The van der Waals surface area contributed by atoms with Gasteiger partial charge in [-0.1, -0.05) is 18.5 Å². The zero-order valence-corrected chi connectivity index (χ0v) is 12.9. The molecule has 1 aliphatic heterocycles. The van der Waals surface area contributed by atoms with Crippen molar-refractivity contribution in [2.24, 2.45) is 0 Å². The van der Waals surface area contributed by atoms with Gasteiger partial charge in [0.05, 0.1) is 5.56 Å². The highest BCUT2D eigenvalue weighted by atomic mass is 35.5. The number of nitrogens with one attached hydrogen (secondary N) is 2. The zero-order chi connectivity index (χ0) is 15.2. The lowest BCUT2D eigenvalue weighted by Crippen LogP contribution is -2.34. The van der Waals surface area contributed by atoms with E-state index in [0.717, 1.165) is 18.7 Å². The van der Waals surface area contributed by atoms with Gasteiger partial charge in [-0.05, 0) is 24.6 Å². The summed E-state index contributed by atoms with van der Waals surface area (Å²) in [5, 5.41) is 6.54. The van der Waals surface area contributed by atoms with Crippen LogP contribution in [0.4, 0.5) is 5.69 Å². The van der Waals surface area contributed by atoms with Crippen LogP contribution in [0.2, 0.25) is 5.02 Å². The minimum absolute atomic E-state index is 0.0132. The molecule has 1 saturated heterocycles. The van der Waals surface area contributed by atoms with Gasteiger partial charge in [0.1, 0.15) is 0 Å². The fourth-order valence-electron chi connectivity index (χ4n) is 2.25. The van der Waals surface area contributed by atoms with E-state index in [1.54, 1.807) is 17.0 Å². The lowest BCUT2D eigenvalue weighted by atomic mass is 10.1. The summed E-state index contributed by atoms with van der Waals surface area (Å²) in [7, 11) is 0. The fourth-order valence-corrected chi connectivity index (χ4v) is 2.42. The number of nitrogens with zero attached hydrogens (tertiary/aromatic N) is 1. The van der Waals surface area contributed by atoms with Crippen LogP contribution in [0, 0.1) is 0 Å². The van der Waals surface area contributed by atoms with E-state index in [4.69, 9.17) is 11.6 Å². The second-order valence-electron chi connectivity index (χ2n) is 5.01. The SMILES string of the molecule is CCCNc1ccc(Cl)cc1C(=O)N1CCNC(=O)CC1. The molecular weight excluding hydrogens is 290 g/mol. The van der Waals surface area contributed by atoms with Gasteiger partial charge in [0.2, 0.25) is 5.91 Å². The average Bonchev–Trinajstić information content (AvgIpc) is 2.70. The minimum Gasteiger partial charge on any atom is -0.384 e. The molecule has 2 rings (SSSR count).